The van der Waals surface area contributed by atoms with Crippen molar-refractivity contribution in [2.45, 2.75) is 6.04 Å². The zero-order valence-corrected chi connectivity index (χ0v) is 10.6. The van der Waals surface area contributed by atoms with Gasteiger partial charge < -0.3 is 20.5 Å². The normalized spacial score (nSPS) is 25.6. The van der Waals surface area contributed by atoms with Crippen LogP contribution < -0.4 is 11.3 Å². The second kappa shape index (κ2) is 4.73. The lowest BCUT2D eigenvalue weighted by atomic mass is 9.94. The van der Waals surface area contributed by atoms with Gasteiger partial charge in [-0.3, -0.25) is 9.78 Å². The molecule has 3 atom stereocenters. The quantitative estimate of drug-likeness (QED) is 0.534. The maximum absolute atomic E-state index is 11.7. The molecule has 8 nitrogen and oxygen atoms in total. The minimum atomic E-state index is -0.396. The number of nitrogens with two attached hydrogens (primary N) is 1. The number of anilines is 1. The highest BCUT2D eigenvalue weighted by atomic mass is 16.3. The van der Waals surface area contributed by atoms with Gasteiger partial charge in [0.2, 0.25) is 5.95 Å². The Kier molecular flexibility index (Phi) is 3.03. The number of fused-ring (bicyclic) bond motifs is 1. The van der Waals surface area contributed by atoms with Gasteiger partial charge in [0.25, 0.3) is 5.56 Å². The minimum Gasteiger partial charge on any atom is -0.396 e. The SMILES string of the molecule is Nc1nc2c(ncn2[C@H]2C=C[C@@H](CO)[C@@H]2CO)c(=O)[nH]1. The molecule has 0 amide bonds. The molecule has 0 saturated carbocycles. The number of nitrogens with zero attached hydrogens (tertiary/aromatic N) is 3. The molecule has 0 unspecified atom stereocenters. The molecule has 0 saturated heterocycles. The van der Waals surface area contributed by atoms with E-state index in [0.29, 0.717) is 5.65 Å². The number of nitrogens with one attached hydrogen (secondary N) is 1. The van der Waals surface area contributed by atoms with Gasteiger partial charge in [-0.25, -0.2) is 4.98 Å². The summed E-state index contributed by atoms with van der Waals surface area (Å²) in [6, 6.07) is -0.212. The summed E-state index contributed by atoms with van der Waals surface area (Å²) in [6.45, 7) is -0.123. The predicted molar refractivity (Wildman–Crippen MR) is 71.9 cm³/mol. The molecule has 0 aliphatic heterocycles. The Hall–Kier alpha value is -2.19. The molecule has 8 heteroatoms. The van der Waals surface area contributed by atoms with E-state index in [2.05, 4.69) is 15.0 Å². The average Bonchev–Trinajstić information content (AvgIpc) is 3.00. The third-order valence-electron chi connectivity index (χ3n) is 3.74. The standard InChI is InChI=1S/C12H15N5O3/c13-12-15-10-9(11(20)16-12)14-5-17(10)8-2-1-6(3-18)7(8)4-19/h1-2,5-8,18-19H,3-4H2,(H3,13,15,16,20)/t6-,7-,8-/m0/s1. The van der Waals surface area contributed by atoms with Crippen molar-refractivity contribution in [1.82, 2.24) is 19.5 Å². The van der Waals surface area contributed by atoms with Crippen LogP contribution in [0.4, 0.5) is 5.95 Å². The van der Waals surface area contributed by atoms with Crippen molar-refractivity contribution < 1.29 is 10.2 Å². The summed E-state index contributed by atoms with van der Waals surface area (Å²) in [5.41, 5.74) is 5.74. The number of rotatable bonds is 3. The maximum atomic E-state index is 11.7. The summed E-state index contributed by atoms with van der Waals surface area (Å²) in [7, 11) is 0. The number of aromatic nitrogens is 4. The summed E-state index contributed by atoms with van der Waals surface area (Å²) in [6.07, 6.45) is 5.24. The van der Waals surface area contributed by atoms with Gasteiger partial charge in [-0.1, -0.05) is 12.2 Å². The van der Waals surface area contributed by atoms with Crippen molar-refractivity contribution in [2.24, 2.45) is 11.8 Å². The average molecular weight is 277 g/mol. The Bertz CT molecular complexity index is 719. The van der Waals surface area contributed by atoms with Crippen LogP contribution in [0.5, 0.6) is 0 Å². The molecule has 5 N–H and O–H groups in total. The molecule has 0 spiro atoms. The number of aliphatic hydroxyl groups excluding tert-OH is 2. The maximum Gasteiger partial charge on any atom is 0.280 e. The number of aromatic amines is 1. The Balaban J connectivity index is 2.11. The summed E-state index contributed by atoms with van der Waals surface area (Å²) in [4.78, 5) is 22.3. The van der Waals surface area contributed by atoms with Crippen LogP contribution in [-0.2, 0) is 0 Å². The summed E-state index contributed by atoms with van der Waals surface area (Å²) in [5.74, 6) is -0.285. The van der Waals surface area contributed by atoms with Gasteiger partial charge in [0.1, 0.15) is 0 Å². The predicted octanol–water partition coefficient (Wildman–Crippen LogP) is -0.970. The third kappa shape index (κ3) is 1.81. The van der Waals surface area contributed by atoms with Crippen LogP contribution in [0.1, 0.15) is 6.04 Å². The second-order valence-electron chi connectivity index (χ2n) is 4.84. The third-order valence-corrected chi connectivity index (χ3v) is 3.74. The number of aliphatic hydroxyl groups is 2. The first-order chi connectivity index (χ1) is 9.65. The topological polar surface area (TPSA) is 130 Å². The molecule has 106 valence electrons. The highest BCUT2D eigenvalue weighted by Crippen LogP contribution is 2.35. The lowest BCUT2D eigenvalue weighted by Gasteiger charge is -2.23. The van der Waals surface area contributed by atoms with Crippen LogP contribution in [0.3, 0.4) is 0 Å². The van der Waals surface area contributed by atoms with Crippen molar-refractivity contribution in [3.63, 3.8) is 0 Å². The molecule has 0 aromatic carbocycles. The van der Waals surface area contributed by atoms with Crippen molar-refractivity contribution in [3.8, 4) is 0 Å². The highest BCUT2D eigenvalue weighted by Gasteiger charge is 2.33. The molecule has 1 aliphatic rings. The molecule has 20 heavy (non-hydrogen) atoms. The Labute approximate surface area is 113 Å². The molecule has 0 radical (unpaired) electrons. The molecular formula is C12H15N5O3. The number of hydrogen-bond acceptors (Lipinski definition) is 6. The minimum absolute atomic E-state index is 0.0190. The molecule has 2 aromatic heterocycles. The van der Waals surface area contributed by atoms with E-state index in [0.717, 1.165) is 0 Å². The van der Waals surface area contributed by atoms with Gasteiger partial charge in [-0.05, 0) is 0 Å². The van der Waals surface area contributed by atoms with Crippen LogP contribution in [0.15, 0.2) is 23.3 Å². The fraction of sp³-hybridized carbons (Fsp3) is 0.417. The number of allylic oxidation sites excluding steroid dienone is 1. The smallest absolute Gasteiger partial charge is 0.280 e. The molecule has 3 rings (SSSR count). The molecule has 1 aliphatic carbocycles. The summed E-state index contributed by atoms with van der Waals surface area (Å²) < 4.78 is 1.70. The monoisotopic (exact) mass is 277 g/mol. The van der Waals surface area contributed by atoms with Gasteiger partial charge in [0.05, 0.1) is 12.4 Å². The van der Waals surface area contributed by atoms with Gasteiger partial charge in [-0.15, -0.1) is 0 Å². The molecule has 0 bridgehead atoms. The lowest BCUT2D eigenvalue weighted by molar-refractivity contribution is 0.132. The first kappa shape index (κ1) is 12.8. The lowest BCUT2D eigenvalue weighted by Crippen LogP contribution is -2.25. The highest BCUT2D eigenvalue weighted by molar-refractivity contribution is 5.70. The Morgan fingerprint density at radius 1 is 1.35 bits per heavy atom. The number of H-pyrrole nitrogens is 1. The van der Waals surface area contributed by atoms with Crippen LogP contribution >= 0.6 is 0 Å². The zero-order valence-electron chi connectivity index (χ0n) is 10.6. The van der Waals surface area contributed by atoms with E-state index in [1.807, 2.05) is 12.2 Å². The van der Waals surface area contributed by atoms with E-state index in [1.165, 1.54) is 6.33 Å². The van der Waals surface area contributed by atoms with E-state index in [-0.39, 0.29) is 42.6 Å². The van der Waals surface area contributed by atoms with Gasteiger partial charge in [0, 0.05) is 25.0 Å². The van der Waals surface area contributed by atoms with E-state index in [9.17, 15) is 15.0 Å². The van der Waals surface area contributed by atoms with Gasteiger partial charge in [-0.2, -0.15) is 4.98 Å². The van der Waals surface area contributed by atoms with Crippen LogP contribution in [0.2, 0.25) is 0 Å². The summed E-state index contributed by atoms with van der Waals surface area (Å²) >= 11 is 0. The summed E-state index contributed by atoms with van der Waals surface area (Å²) in [5, 5.41) is 18.8. The number of nitrogen functional groups attached to an aromatic ring is 1. The van der Waals surface area contributed by atoms with E-state index in [1.54, 1.807) is 4.57 Å². The Morgan fingerprint density at radius 3 is 2.85 bits per heavy atom. The number of imidazole rings is 1. The van der Waals surface area contributed by atoms with Crippen LogP contribution in [0, 0.1) is 11.8 Å². The zero-order chi connectivity index (χ0) is 14.3. The van der Waals surface area contributed by atoms with E-state index in [4.69, 9.17) is 5.73 Å². The molecule has 2 heterocycles. The first-order valence-corrected chi connectivity index (χ1v) is 6.28. The molecule has 2 aromatic rings. The molecular weight excluding hydrogens is 262 g/mol. The van der Waals surface area contributed by atoms with E-state index < -0.39 is 5.56 Å². The van der Waals surface area contributed by atoms with E-state index >= 15 is 0 Å². The second-order valence-corrected chi connectivity index (χ2v) is 4.84. The van der Waals surface area contributed by atoms with Crippen molar-refractivity contribution in [3.05, 3.63) is 28.8 Å². The van der Waals surface area contributed by atoms with Crippen molar-refractivity contribution in [1.29, 1.82) is 0 Å². The Morgan fingerprint density at radius 2 is 2.15 bits per heavy atom. The van der Waals surface area contributed by atoms with Gasteiger partial charge >= 0.3 is 0 Å². The fourth-order valence-corrected chi connectivity index (χ4v) is 2.70. The van der Waals surface area contributed by atoms with Crippen LogP contribution in [-0.4, -0.2) is 42.9 Å². The van der Waals surface area contributed by atoms with Crippen molar-refractivity contribution in [2.75, 3.05) is 18.9 Å². The molecule has 0 fully saturated rings. The first-order valence-electron chi connectivity index (χ1n) is 6.28. The van der Waals surface area contributed by atoms with Crippen LogP contribution in [0.25, 0.3) is 11.2 Å². The van der Waals surface area contributed by atoms with Crippen molar-refractivity contribution >= 4 is 17.1 Å². The number of hydrogen-bond donors (Lipinski definition) is 4. The van der Waals surface area contributed by atoms with Gasteiger partial charge in [0.15, 0.2) is 11.2 Å². The largest absolute Gasteiger partial charge is 0.396 e. The fourth-order valence-electron chi connectivity index (χ4n) is 2.70.